The quantitative estimate of drug-likeness (QED) is 0.645. The Morgan fingerprint density at radius 2 is 1.96 bits per heavy atom. The number of hydrogen-bond acceptors (Lipinski definition) is 5. The number of rotatable bonds is 8. The summed E-state index contributed by atoms with van der Waals surface area (Å²) in [6.07, 6.45) is 0. The molecule has 4 N–H and O–H groups in total. The van der Waals surface area contributed by atoms with Crippen molar-refractivity contribution in [2.75, 3.05) is 19.1 Å². The molecule has 1 amide bonds. The number of nitrogens with one attached hydrogen (secondary N) is 2. The first-order valence-electron chi connectivity index (χ1n) is 6.91. The average Bonchev–Trinajstić information content (AvgIpc) is 2.55. The number of carbonyl (C=O) groups is 1. The van der Waals surface area contributed by atoms with E-state index in [4.69, 9.17) is 26.8 Å². The molecule has 7 heteroatoms. The second kappa shape index (κ2) is 8.26. The third-order valence-electron chi connectivity index (χ3n) is 2.99. The van der Waals surface area contributed by atoms with E-state index in [2.05, 4.69) is 10.9 Å². The molecular formula is C16H18ClN3O3. The highest BCUT2D eigenvalue weighted by Gasteiger charge is 2.11. The molecule has 0 saturated heterocycles. The Kier molecular flexibility index (Phi) is 6.08. The monoisotopic (exact) mass is 335 g/mol. The lowest BCUT2D eigenvalue weighted by Crippen LogP contribution is -2.21. The number of para-hydroxylation sites is 1. The smallest absolute Gasteiger partial charge is 0.255 e. The van der Waals surface area contributed by atoms with Crippen molar-refractivity contribution >= 4 is 23.2 Å². The molecule has 122 valence electrons. The second-order valence-corrected chi connectivity index (χ2v) is 5.10. The molecule has 0 heterocycles. The van der Waals surface area contributed by atoms with E-state index in [1.54, 1.807) is 12.1 Å². The maximum atomic E-state index is 10.8. The van der Waals surface area contributed by atoms with Gasteiger partial charge >= 0.3 is 0 Å². The van der Waals surface area contributed by atoms with E-state index in [-0.39, 0.29) is 6.61 Å². The number of benzene rings is 2. The zero-order valence-corrected chi connectivity index (χ0v) is 13.4. The maximum Gasteiger partial charge on any atom is 0.255 e. The van der Waals surface area contributed by atoms with E-state index in [9.17, 15) is 4.79 Å². The van der Waals surface area contributed by atoms with Gasteiger partial charge in [-0.05, 0) is 23.8 Å². The molecular weight excluding hydrogens is 318 g/mol. The largest absolute Gasteiger partial charge is 0.493 e. The van der Waals surface area contributed by atoms with Gasteiger partial charge in [0.15, 0.2) is 18.1 Å². The van der Waals surface area contributed by atoms with Crippen LogP contribution in [0.25, 0.3) is 0 Å². The lowest BCUT2D eigenvalue weighted by molar-refractivity contribution is -0.119. The topological polar surface area (TPSA) is 85.6 Å². The molecule has 2 rings (SSSR count). The fourth-order valence-electron chi connectivity index (χ4n) is 1.90. The van der Waals surface area contributed by atoms with Gasteiger partial charge in [0, 0.05) is 23.3 Å². The van der Waals surface area contributed by atoms with E-state index in [1.165, 1.54) is 7.11 Å². The summed E-state index contributed by atoms with van der Waals surface area (Å²) in [6, 6.07) is 13.0. The highest BCUT2D eigenvalue weighted by molar-refractivity contribution is 6.31. The molecule has 0 saturated carbocycles. The lowest BCUT2D eigenvalue weighted by Gasteiger charge is -2.14. The predicted molar refractivity (Wildman–Crippen MR) is 89.6 cm³/mol. The molecule has 0 spiro atoms. The maximum absolute atomic E-state index is 10.8. The standard InChI is InChI=1S/C16H18ClN3O3/c1-22-14-7-11(9-19-20-12-5-3-2-4-6-12)13(17)8-15(14)23-10-16(18)21/h2-8,19-20H,9-10H2,1H3,(H2,18,21). The number of hydrazine groups is 1. The zero-order chi connectivity index (χ0) is 16.7. The lowest BCUT2D eigenvalue weighted by atomic mass is 10.2. The first kappa shape index (κ1) is 16.9. The normalized spacial score (nSPS) is 10.2. The summed E-state index contributed by atoms with van der Waals surface area (Å²) in [6.45, 7) is 0.236. The average molecular weight is 336 g/mol. The molecule has 0 radical (unpaired) electrons. The third kappa shape index (κ3) is 5.05. The van der Waals surface area contributed by atoms with Crippen molar-refractivity contribution in [1.29, 1.82) is 0 Å². The summed E-state index contributed by atoms with van der Waals surface area (Å²) in [5.41, 5.74) is 13.0. The predicted octanol–water partition coefficient (Wildman–Crippen LogP) is 2.33. The zero-order valence-electron chi connectivity index (χ0n) is 12.6. The van der Waals surface area contributed by atoms with Gasteiger partial charge in [0.25, 0.3) is 5.91 Å². The summed E-state index contributed by atoms with van der Waals surface area (Å²) in [5, 5.41) is 0.493. The van der Waals surface area contributed by atoms with E-state index in [0.717, 1.165) is 11.3 Å². The summed E-state index contributed by atoms with van der Waals surface area (Å²) in [7, 11) is 1.51. The molecule has 0 bridgehead atoms. The highest BCUT2D eigenvalue weighted by Crippen LogP contribution is 2.33. The van der Waals surface area contributed by atoms with Crippen LogP contribution in [0.2, 0.25) is 5.02 Å². The second-order valence-electron chi connectivity index (χ2n) is 4.69. The number of primary amides is 1. The van der Waals surface area contributed by atoms with Crippen molar-refractivity contribution in [2.45, 2.75) is 6.54 Å². The van der Waals surface area contributed by atoms with Gasteiger partial charge in [-0.15, -0.1) is 0 Å². The highest BCUT2D eigenvalue weighted by atomic mass is 35.5. The third-order valence-corrected chi connectivity index (χ3v) is 3.34. The molecule has 0 aliphatic heterocycles. The van der Waals surface area contributed by atoms with Crippen molar-refractivity contribution in [2.24, 2.45) is 5.73 Å². The van der Waals surface area contributed by atoms with E-state index >= 15 is 0 Å². The Morgan fingerprint density at radius 3 is 2.61 bits per heavy atom. The number of amides is 1. The number of carbonyl (C=O) groups excluding carboxylic acids is 1. The van der Waals surface area contributed by atoms with Crippen molar-refractivity contribution in [3.8, 4) is 11.5 Å². The Morgan fingerprint density at radius 1 is 1.22 bits per heavy atom. The van der Waals surface area contributed by atoms with Gasteiger partial charge in [-0.25, -0.2) is 5.43 Å². The first-order valence-corrected chi connectivity index (χ1v) is 7.29. The minimum Gasteiger partial charge on any atom is -0.493 e. The number of halogens is 1. The van der Waals surface area contributed by atoms with Crippen LogP contribution in [0.15, 0.2) is 42.5 Å². The Labute approximate surface area is 139 Å². The number of hydrogen-bond donors (Lipinski definition) is 3. The number of nitrogens with two attached hydrogens (primary N) is 1. The summed E-state index contributed by atoms with van der Waals surface area (Å²) in [5.74, 6) is 0.282. The van der Waals surface area contributed by atoms with E-state index < -0.39 is 5.91 Å². The molecule has 0 aliphatic carbocycles. The van der Waals surface area contributed by atoms with E-state index in [0.29, 0.717) is 23.1 Å². The minimum atomic E-state index is -0.569. The Bertz CT molecular complexity index is 665. The van der Waals surface area contributed by atoms with Crippen molar-refractivity contribution in [3.05, 3.63) is 53.1 Å². The van der Waals surface area contributed by atoms with Gasteiger partial charge in [0.05, 0.1) is 7.11 Å². The number of anilines is 1. The Hall–Kier alpha value is -2.44. The molecule has 0 aromatic heterocycles. The van der Waals surface area contributed by atoms with Gasteiger partial charge in [-0.3, -0.25) is 4.79 Å². The van der Waals surface area contributed by atoms with Gasteiger partial charge < -0.3 is 20.6 Å². The fraction of sp³-hybridized carbons (Fsp3) is 0.188. The molecule has 0 aliphatic rings. The van der Waals surface area contributed by atoms with Crippen LogP contribution in [0.3, 0.4) is 0 Å². The van der Waals surface area contributed by atoms with E-state index in [1.807, 2.05) is 30.3 Å². The van der Waals surface area contributed by atoms with Gasteiger partial charge in [-0.2, -0.15) is 0 Å². The molecule has 2 aromatic rings. The SMILES string of the molecule is COc1cc(CNNc2ccccc2)c(Cl)cc1OCC(N)=O. The molecule has 0 unspecified atom stereocenters. The Balaban J connectivity index is 2.02. The molecule has 2 aromatic carbocycles. The molecule has 6 nitrogen and oxygen atoms in total. The van der Waals surface area contributed by atoms with Gasteiger partial charge in [0.1, 0.15) is 0 Å². The number of ether oxygens (including phenoxy) is 2. The number of methoxy groups -OCH3 is 1. The first-order chi connectivity index (χ1) is 11.1. The summed E-state index contributed by atoms with van der Waals surface area (Å²) in [4.78, 5) is 10.8. The molecule has 0 atom stereocenters. The van der Waals surface area contributed by atoms with Crippen molar-refractivity contribution < 1.29 is 14.3 Å². The van der Waals surface area contributed by atoms with Crippen LogP contribution in [-0.2, 0) is 11.3 Å². The van der Waals surface area contributed by atoms with Gasteiger partial charge in [0.2, 0.25) is 0 Å². The minimum absolute atomic E-state index is 0.236. The van der Waals surface area contributed by atoms with Gasteiger partial charge in [-0.1, -0.05) is 29.8 Å². The van der Waals surface area contributed by atoms with Crippen molar-refractivity contribution in [1.82, 2.24) is 5.43 Å². The summed E-state index contributed by atoms with van der Waals surface area (Å²) < 4.78 is 10.5. The van der Waals surface area contributed by atoms with Crippen LogP contribution in [-0.4, -0.2) is 19.6 Å². The summed E-state index contributed by atoms with van der Waals surface area (Å²) >= 11 is 6.24. The fourth-order valence-corrected chi connectivity index (χ4v) is 2.12. The van der Waals surface area contributed by atoms with Crippen LogP contribution >= 0.6 is 11.6 Å². The van der Waals surface area contributed by atoms with Crippen LogP contribution in [0.1, 0.15) is 5.56 Å². The van der Waals surface area contributed by atoms with Crippen LogP contribution < -0.4 is 26.1 Å². The molecule has 23 heavy (non-hydrogen) atoms. The van der Waals surface area contributed by atoms with Crippen molar-refractivity contribution in [3.63, 3.8) is 0 Å². The van der Waals surface area contributed by atoms with Crippen LogP contribution in [0.5, 0.6) is 11.5 Å². The van der Waals surface area contributed by atoms with Crippen LogP contribution in [0, 0.1) is 0 Å². The van der Waals surface area contributed by atoms with Crippen LogP contribution in [0.4, 0.5) is 5.69 Å². The molecule has 0 fully saturated rings.